The fraction of sp³-hybridized carbons (Fsp3) is 0.182. The summed E-state index contributed by atoms with van der Waals surface area (Å²) in [4.78, 5) is 16.0. The second-order valence-corrected chi connectivity index (χ2v) is 4.66. The Morgan fingerprint density at radius 2 is 2.15 bits per heavy atom. The molecule has 0 aliphatic heterocycles. The number of nitrogens with zero attached hydrogens (tertiary/aromatic N) is 4. The summed E-state index contributed by atoms with van der Waals surface area (Å²) >= 11 is 3.18. The number of nitrogens with two attached hydrogens (primary N) is 1. The van der Waals surface area contributed by atoms with Gasteiger partial charge in [-0.05, 0) is 28.1 Å². The minimum atomic E-state index is -1.89. The van der Waals surface area contributed by atoms with Crippen molar-refractivity contribution in [3.8, 4) is 5.69 Å². The van der Waals surface area contributed by atoms with Crippen LogP contribution in [0.25, 0.3) is 5.69 Å². The van der Waals surface area contributed by atoms with Crippen LogP contribution in [0, 0.1) is 0 Å². The van der Waals surface area contributed by atoms with Crippen LogP contribution in [0.15, 0.2) is 45.7 Å². The van der Waals surface area contributed by atoms with Gasteiger partial charge in [0.25, 0.3) is 6.08 Å². The summed E-state index contributed by atoms with van der Waals surface area (Å²) in [5.41, 5.74) is 4.82. The second-order valence-electron chi connectivity index (χ2n) is 3.85. The molecule has 0 atom stereocenters. The molecule has 0 bridgehead atoms. The van der Waals surface area contributed by atoms with Crippen molar-refractivity contribution in [2.75, 3.05) is 6.54 Å². The third-order valence-electron chi connectivity index (χ3n) is 2.58. The lowest BCUT2D eigenvalue weighted by Crippen LogP contribution is -2.26. The fourth-order valence-electron chi connectivity index (χ4n) is 1.52. The molecule has 0 unspecified atom stereocenters. The van der Waals surface area contributed by atoms with Gasteiger partial charge in [-0.3, -0.25) is 0 Å². The Kier molecular flexibility index (Phi) is 4.40. The summed E-state index contributed by atoms with van der Waals surface area (Å²) in [7, 11) is 0. The molecule has 0 radical (unpaired) electrons. The molecule has 106 valence electrons. The van der Waals surface area contributed by atoms with Crippen molar-refractivity contribution < 1.29 is 8.78 Å². The summed E-state index contributed by atoms with van der Waals surface area (Å²) in [5.74, 6) is 0. The molecule has 0 saturated heterocycles. The molecule has 0 aliphatic carbocycles. The van der Waals surface area contributed by atoms with Crippen molar-refractivity contribution in [2.45, 2.75) is 6.54 Å². The van der Waals surface area contributed by atoms with Gasteiger partial charge in [-0.25, -0.2) is 19.0 Å². The first kappa shape index (κ1) is 14.5. The van der Waals surface area contributed by atoms with Crippen molar-refractivity contribution in [3.05, 3.63) is 51.4 Å². The summed E-state index contributed by atoms with van der Waals surface area (Å²) < 4.78 is 27.8. The lowest BCUT2D eigenvalue weighted by molar-refractivity contribution is 0.400. The van der Waals surface area contributed by atoms with Gasteiger partial charge in [0.2, 0.25) is 0 Å². The first-order valence-corrected chi connectivity index (χ1v) is 6.31. The average molecular weight is 346 g/mol. The third kappa shape index (κ3) is 2.99. The molecule has 0 aliphatic rings. The molecule has 6 nitrogen and oxygen atoms in total. The minimum absolute atomic E-state index is 0.328. The van der Waals surface area contributed by atoms with E-state index in [1.807, 2.05) is 0 Å². The molecular formula is C11H10BrF2N5O. The van der Waals surface area contributed by atoms with Gasteiger partial charge in [-0.1, -0.05) is 0 Å². The number of rotatable bonds is 4. The lowest BCUT2D eigenvalue weighted by atomic mass is 10.3. The van der Waals surface area contributed by atoms with Gasteiger partial charge >= 0.3 is 5.69 Å². The van der Waals surface area contributed by atoms with Gasteiger partial charge in [-0.2, -0.15) is 13.9 Å². The number of halogens is 3. The third-order valence-corrected chi connectivity index (χ3v) is 3.05. The van der Waals surface area contributed by atoms with Crippen LogP contribution in [-0.2, 0) is 6.54 Å². The van der Waals surface area contributed by atoms with Crippen molar-refractivity contribution in [2.24, 2.45) is 5.73 Å². The minimum Gasteiger partial charge on any atom is -0.327 e. The largest absolute Gasteiger partial charge is 0.350 e. The SMILES string of the molecule is NCC(Cn1ncn(-c2ccc(Br)nc2)c1=O)=C(F)F. The quantitative estimate of drug-likeness (QED) is 0.847. The highest BCUT2D eigenvalue weighted by molar-refractivity contribution is 9.10. The first-order chi connectivity index (χ1) is 9.52. The van der Waals surface area contributed by atoms with Gasteiger partial charge in [0.05, 0.1) is 18.4 Å². The molecule has 2 aromatic rings. The monoisotopic (exact) mass is 345 g/mol. The van der Waals surface area contributed by atoms with E-state index < -0.39 is 11.8 Å². The molecule has 2 rings (SSSR count). The zero-order chi connectivity index (χ0) is 14.7. The lowest BCUT2D eigenvalue weighted by Gasteiger charge is -2.02. The number of pyridine rings is 1. The van der Waals surface area contributed by atoms with Crippen LogP contribution >= 0.6 is 15.9 Å². The van der Waals surface area contributed by atoms with Gasteiger partial charge in [0.1, 0.15) is 10.9 Å². The smallest absolute Gasteiger partial charge is 0.327 e. The van der Waals surface area contributed by atoms with Crippen molar-refractivity contribution >= 4 is 15.9 Å². The summed E-state index contributed by atoms with van der Waals surface area (Å²) in [5, 5.41) is 3.79. The maximum absolute atomic E-state index is 12.5. The molecule has 2 aromatic heterocycles. The van der Waals surface area contributed by atoms with Gasteiger partial charge in [-0.15, -0.1) is 0 Å². The summed E-state index contributed by atoms with van der Waals surface area (Å²) in [6.45, 7) is -0.671. The molecule has 0 fully saturated rings. The predicted molar refractivity (Wildman–Crippen MR) is 71.6 cm³/mol. The molecule has 9 heteroatoms. The van der Waals surface area contributed by atoms with Crippen LogP contribution in [-0.4, -0.2) is 25.9 Å². The Balaban J connectivity index is 2.35. The molecule has 0 aromatic carbocycles. The van der Waals surface area contributed by atoms with Gasteiger partial charge in [0, 0.05) is 12.1 Å². The van der Waals surface area contributed by atoms with E-state index in [0.717, 1.165) is 4.68 Å². The van der Waals surface area contributed by atoms with E-state index in [1.165, 1.54) is 17.1 Å². The zero-order valence-electron chi connectivity index (χ0n) is 10.1. The number of hydrogen-bond donors (Lipinski definition) is 1. The molecule has 0 spiro atoms. The summed E-state index contributed by atoms with van der Waals surface area (Å²) in [6, 6.07) is 3.31. The maximum Gasteiger partial charge on any atom is 0.350 e. The van der Waals surface area contributed by atoms with Gasteiger partial charge in [0.15, 0.2) is 0 Å². The molecule has 2 heterocycles. The highest BCUT2D eigenvalue weighted by Crippen LogP contribution is 2.10. The molecule has 0 saturated carbocycles. The Hall–Kier alpha value is -1.87. The molecular weight excluding hydrogens is 336 g/mol. The number of aromatic nitrogens is 4. The standard InChI is InChI=1S/C11H10BrF2N5O/c12-9-2-1-8(4-16-9)18-6-17-19(11(18)20)5-7(3-15)10(13)14/h1-2,4,6H,3,5,15H2. The highest BCUT2D eigenvalue weighted by Gasteiger charge is 2.11. The second kappa shape index (κ2) is 6.06. The van der Waals surface area contributed by atoms with E-state index in [0.29, 0.717) is 10.3 Å². The van der Waals surface area contributed by atoms with E-state index in [-0.39, 0.29) is 18.7 Å². The molecule has 0 amide bonds. The zero-order valence-corrected chi connectivity index (χ0v) is 11.7. The highest BCUT2D eigenvalue weighted by atomic mass is 79.9. The van der Waals surface area contributed by atoms with Crippen LogP contribution < -0.4 is 11.4 Å². The predicted octanol–water partition coefficient (Wildman–Crippen LogP) is 1.30. The fourth-order valence-corrected chi connectivity index (χ4v) is 1.75. The topological polar surface area (TPSA) is 78.7 Å². The van der Waals surface area contributed by atoms with Crippen molar-refractivity contribution in [1.82, 2.24) is 19.3 Å². The van der Waals surface area contributed by atoms with Crippen LogP contribution in [0.2, 0.25) is 0 Å². The van der Waals surface area contributed by atoms with Crippen LogP contribution in [0.1, 0.15) is 0 Å². The van der Waals surface area contributed by atoms with E-state index in [1.54, 1.807) is 12.1 Å². The Bertz CT molecular complexity index is 688. The van der Waals surface area contributed by atoms with E-state index in [2.05, 4.69) is 26.0 Å². The average Bonchev–Trinajstić information content (AvgIpc) is 2.78. The Labute approximate surface area is 120 Å². The van der Waals surface area contributed by atoms with Gasteiger partial charge < -0.3 is 5.73 Å². The Morgan fingerprint density at radius 1 is 1.40 bits per heavy atom. The van der Waals surface area contributed by atoms with Crippen LogP contribution in [0.4, 0.5) is 8.78 Å². The van der Waals surface area contributed by atoms with E-state index in [4.69, 9.17) is 5.73 Å². The molecule has 2 N–H and O–H groups in total. The molecule has 20 heavy (non-hydrogen) atoms. The first-order valence-electron chi connectivity index (χ1n) is 5.52. The van der Waals surface area contributed by atoms with Crippen molar-refractivity contribution in [3.63, 3.8) is 0 Å². The number of hydrogen-bond acceptors (Lipinski definition) is 4. The summed E-state index contributed by atoms with van der Waals surface area (Å²) in [6.07, 6.45) is 0.823. The van der Waals surface area contributed by atoms with Crippen LogP contribution in [0.5, 0.6) is 0 Å². The van der Waals surface area contributed by atoms with E-state index in [9.17, 15) is 13.6 Å². The normalized spacial score (nSPS) is 10.6. The van der Waals surface area contributed by atoms with Crippen LogP contribution in [0.3, 0.4) is 0 Å². The van der Waals surface area contributed by atoms with Crippen molar-refractivity contribution in [1.29, 1.82) is 0 Å². The van der Waals surface area contributed by atoms with E-state index >= 15 is 0 Å². The maximum atomic E-state index is 12.5. The Morgan fingerprint density at radius 3 is 2.70 bits per heavy atom.